The minimum Gasteiger partial charge on any atom is -0.421 e. The van der Waals surface area contributed by atoms with E-state index in [1.165, 1.54) is 0 Å². The lowest BCUT2D eigenvalue weighted by atomic mass is 9.92. The molecule has 6 nitrogen and oxygen atoms in total. The van der Waals surface area contributed by atoms with Gasteiger partial charge in [-0.15, -0.1) is 10.2 Å². The average Bonchev–Trinajstić information content (AvgIpc) is 3.35. The number of aliphatic hydroxyl groups is 1. The van der Waals surface area contributed by atoms with Crippen LogP contribution >= 0.6 is 0 Å². The van der Waals surface area contributed by atoms with Gasteiger partial charge in [0, 0.05) is 19.0 Å². The van der Waals surface area contributed by atoms with Gasteiger partial charge in [0.05, 0.1) is 17.2 Å². The zero-order valence-corrected chi connectivity index (χ0v) is 18.3. The summed E-state index contributed by atoms with van der Waals surface area (Å²) >= 11 is 0. The van der Waals surface area contributed by atoms with Crippen LogP contribution in [-0.4, -0.2) is 37.8 Å². The van der Waals surface area contributed by atoms with Gasteiger partial charge in [0.15, 0.2) is 0 Å². The molecular weight excluding hydrogens is 390 g/mol. The molecule has 1 N–H and O–H groups in total. The Bertz CT molecular complexity index is 1170. The van der Waals surface area contributed by atoms with Crippen molar-refractivity contribution in [2.24, 2.45) is 5.92 Å². The van der Waals surface area contributed by atoms with E-state index in [-0.39, 0.29) is 11.9 Å². The van der Waals surface area contributed by atoms with E-state index in [1.807, 2.05) is 56.0 Å². The van der Waals surface area contributed by atoms with E-state index in [1.54, 1.807) is 6.92 Å². The van der Waals surface area contributed by atoms with E-state index in [9.17, 15) is 9.90 Å². The van der Waals surface area contributed by atoms with Crippen LogP contribution in [0.4, 0.5) is 0 Å². The molecule has 0 radical (unpaired) electrons. The number of aromatic nitrogens is 2. The van der Waals surface area contributed by atoms with E-state index >= 15 is 0 Å². The molecule has 1 fully saturated rings. The van der Waals surface area contributed by atoms with Crippen molar-refractivity contribution in [2.75, 3.05) is 0 Å². The van der Waals surface area contributed by atoms with Crippen molar-refractivity contribution < 1.29 is 14.3 Å². The number of amides is 1. The first-order valence-corrected chi connectivity index (χ1v) is 10.8. The molecule has 1 amide bonds. The maximum atomic E-state index is 13.6. The number of fused-ring (bicyclic) bond motifs is 1. The van der Waals surface area contributed by atoms with Gasteiger partial charge in [-0.2, -0.15) is 0 Å². The van der Waals surface area contributed by atoms with Crippen LogP contribution in [0.15, 0.2) is 40.8 Å². The van der Waals surface area contributed by atoms with Crippen molar-refractivity contribution in [2.45, 2.75) is 58.7 Å². The van der Waals surface area contributed by atoms with Crippen LogP contribution in [0, 0.1) is 19.8 Å². The number of rotatable bonds is 5. The summed E-state index contributed by atoms with van der Waals surface area (Å²) in [5.74, 6) is 1.42. The zero-order chi connectivity index (χ0) is 21.9. The first kappa shape index (κ1) is 19.9. The van der Waals surface area contributed by atoms with E-state index in [4.69, 9.17) is 4.42 Å². The minimum atomic E-state index is -0.931. The molecule has 2 heterocycles. The number of nitrogens with zero attached hydrogens (tertiary/aromatic N) is 3. The molecule has 3 aromatic rings. The van der Waals surface area contributed by atoms with Crippen LogP contribution in [0.3, 0.4) is 0 Å². The SMILES string of the molecule is Cc1nnc(-c2ccc(-c3cccc4c3C(=O)N([C@H](C3CC3)C(C)(C)O)C4)cc2C)o1. The maximum Gasteiger partial charge on any atom is 0.255 e. The molecule has 5 rings (SSSR count). The molecule has 1 aliphatic heterocycles. The third-order valence-electron chi connectivity index (χ3n) is 6.39. The fourth-order valence-corrected chi connectivity index (χ4v) is 4.95. The van der Waals surface area contributed by atoms with Gasteiger partial charge in [-0.05, 0) is 67.9 Å². The maximum absolute atomic E-state index is 13.6. The Morgan fingerprint density at radius 3 is 2.52 bits per heavy atom. The average molecular weight is 418 g/mol. The van der Waals surface area contributed by atoms with Gasteiger partial charge < -0.3 is 14.4 Å². The quantitative estimate of drug-likeness (QED) is 0.660. The number of hydrogen-bond acceptors (Lipinski definition) is 5. The molecule has 2 aromatic carbocycles. The lowest BCUT2D eigenvalue weighted by Crippen LogP contribution is -2.51. The summed E-state index contributed by atoms with van der Waals surface area (Å²) < 4.78 is 5.58. The number of benzene rings is 2. The monoisotopic (exact) mass is 417 g/mol. The van der Waals surface area contributed by atoms with Gasteiger partial charge in [-0.25, -0.2) is 0 Å². The number of carbonyl (C=O) groups is 1. The van der Waals surface area contributed by atoms with E-state index in [2.05, 4.69) is 16.3 Å². The van der Waals surface area contributed by atoms with Crippen LogP contribution in [-0.2, 0) is 6.54 Å². The van der Waals surface area contributed by atoms with Crippen LogP contribution in [0.2, 0.25) is 0 Å². The van der Waals surface area contributed by atoms with Crippen molar-refractivity contribution in [3.05, 3.63) is 59.0 Å². The van der Waals surface area contributed by atoms with Crippen molar-refractivity contribution in [3.63, 3.8) is 0 Å². The second-order valence-electron chi connectivity index (χ2n) is 9.36. The second-order valence-corrected chi connectivity index (χ2v) is 9.36. The zero-order valence-electron chi connectivity index (χ0n) is 18.3. The molecule has 0 spiro atoms. The lowest BCUT2D eigenvalue weighted by Gasteiger charge is -2.37. The predicted octanol–water partition coefficient (Wildman–Crippen LogP) is 4.53. The summed E-state index contributed by atoms with van der Waals surface area (Å²) in [4.78, 5) is 15.5. The first-order chi connectivity index (χ1) is 14.7. The molecular formula is C25H27N3O3. The summed E-state index contributed by atoms with van der Waals surface area (Å²) in [5, 5.41) is 18.8. The Morgan fingerprint density at radius 2 is 1.90 bits per heavy atom. The molecule has 31 heavy (non-hydrogen) atoms. The highest BCUT2D eigenvalue weighted by molar-refractivity contribution is 6.05. The first-order valence-electron chi connectivity index (χ1n) is 10.8. The smallest absolute Gasteiger partial charge is 0.255 e. The fraction of sp³-hybridized carbons (Fsp3) is 0.400. The van der Waals surface area contributed by atoms with Gasteiger partial charge in [-0.1, -0.05) is 30.3 Å². The van der Waals surface area contributed by atoms with Crippen LogP contribution in [0.5, 0.6) is 0 Å². The largest absolute Gasteiger partial charge is 0.421 e. The summed E-state index contributed by atoms with van der Waals surface area (Å²) in [6.07, 6.45) is 2.13. The Kier molecular flexibility index (Phi) is 4.52. The molecule has 1 saturated carbocycles. The normalized spacial score (nSPS) is 17.2. The molecule has 160 valence electrons. The highest BCUT2D eigenvalue weighted by Crippen LogP contribution is 2.44. The van der Waals surface area contributed by atoms with E-state index in [0.29, 0.717) is 24.2 Å². The molecule has 1 aliphatic carbocycles. The Labute approximate surface area is 181 Å². The van der Waals surface area contributed by atoms with Crippen molar-refractivity contribution in [1.82, 2.24) is 15.1 Å². The van der Waals surface area contributed by atoms with Gasteiger partial charge in [0.2, 0.25) is 11.8 Å². The molecule has 0 saturated heterocycles. The number of aryl methyl sites for hydroxylation is 2. The Hall–Kier alpha value is -2.99. The number of hydrogen-bond donors (Lipinski definition) is 1. The summed E-state index contributed by atoms with van der Waals surface area (Å²) in [6, 6.07) is 11.9. The molecule has 1 aromatic heterocycles. The molecule has 0 unspecified atom stereocenters. The standard InChI is InChI=1S/C25H27N3O3/c1-14-12-17(10-11-19(14)23-27-26-15(2)31-23)20-7-5-6-18-13-28(24(29)21(18)20)22(16-8-9-16)25(3,4)30/h5-7,10-12,16,22,30H,8-9,13H2,1-4H3/t22-/m1/s1. The highest BCUT2D eigenvalue weighted by atomic mass is 16.4. The summed E-state index contributed by atoms with van der Waals surface area (Å²) in [6.45, 7) is 7.95. The molecule has 0 bridgehead atoms. The van der Waals surface area contributed by atoms with Gasteiger partial charge in [-0.3, -0.25) is 4.79 Å². The van der Waals surface area contributed by atoms with Crippen LogP contribution in [0.25, 0.3) is 22.6 Å². The van der Waals surface area contributed by atoms with E-state index < -0.39 is 5.60 Å². The van der Waals surface area contributed by atoms with Crippen molar-refractivity contribution in [3.8, 4) is 22.6 Å². The third kappa shape index (κ3) is 3.45. The van der Waals surface area contributed by atoms with Gasteiger partial charge in [0.1, 0.15) is 0 Å². The third-order valence-corrected chi connectivity index (χ3v) is 6.39. The van der Waals surface area contributed by atoms with Crippen LogP contribution < -0.4 is 0 Å². The lowest BCUT2D eigenvalue weighted by molar-refractivity contribution is -0.0224. The molecule has 2 aliphatic rings. The topological polar surface area (TPSA) is 79.5 Å². The summed E-state index contributed by atoms with van der Waals surface area (Å²) in [7, 11) is 0. The number of carbonyl (C=O) groups excluding carboxylic acids is 1. The van der Waals surface area contributed by atoms with Crippen LogP contribution in [0.1, 0.15) is 54.1 Å². The Balaban J connectivity index is 1.53. The van der Waals surface area contributed by atoms with Gasteiger partial charge >= 0.3 is 0 Å². The van der Waals surface area contributed by atoms with Crippen molar-refractivity contribution in [1.29, 1.82) is 0 Å². The van der Waals surface area contributed by atoms with Gasteiger partial charge in [0.25, 0.3) is 5.91 Å². The second kappa shape index (κ2) is 7.02. The summed E-state index contributed by atoms with van der Waals surface area (Å²) in [5.41, 5.74) is 4.64. The fourth-order valence-electron chi connectivity index (χ4n) is 4.95. The highest BCUT2D eigenvalue weighted by Gasteiger charge is 2.48. The predicted molar refractivity (Wildman–Crippen MR) is 117 cm³/mol. The molecule has 1 atom stereocenters. The van der Waals surface area contributed by atoms with Crippen molar-refractivity contribution >= 4 is 5.91 Å². The molecule has 6 heteroatoms. The minimum absolute atomic E-state index is 0.0129. The Morgan fingerprint density at radius 1 is 1.13 bits per heavy atom. The van der Waals surface area contributed by atoms with E-state index in [0.717, 1.165) is 46.2 Å².